The Labute approximate surface area is 253 Å². The molecule has 0 bridgehead atoms. The van der Waals surface area contributed by atoms with Gasteiger partial charge in [0.1, 0.15) is 40.5 Å². The highest BCUT2D eigenvalue weighted by molar-refractivity contribution is 9.09. The smallest absolute Gasteiger partial charge is 0.411 e. The molecule has 2 amide bonds. The van der Waals surface area contributed by atoms with Gasteiger partial charge < -0.3 is 24.3 Å². The number of ketones is 1. The topological polar surface area (TPSA) is 133 Å². The molecule has 2 aromatic rings. The molecule has 4 atom stereocenters. The van der Waals surface area contributed by atoms with Crippen molar-refractivity contribution in [1.29, 1.82) is 0 Å². The zero-order chi connectivity index (χ0) is 30.8. The number of methoxy groups -OCH3 is 1. The van der Waals surface area contributed by atoms with Crippen molar-refractivity contribution in [2.75, 3.05) is 25.6 Å². The van der Waals surface area contributed by atoms with E-state index >= 15 is 0 Å². The number of carbonyl (C=O) groups is 4. The van der Waals surface area contributed by atoms with Gasteiger partial charge in [-0.25, -0.2) is 14.6 Å². The summed E-state index contributed by atoms with van der Waals surface area (Å²) in [5.74, 6) is -0.654. The summed E-state index contributed by atoms with van der Waals surface area (Å²) >= 11 is 3.19. The Morgan fingerprint density at radius 2 is 1.98 bits per heavy atom. The summed E-state index contributed by atoms with van der Waals surface area (Å²) in [6.07, 6.45) is 0.760. The molecule has 0 radical (unpaired) electrons. The third kappa shape index (κ3) is 6.53. The molecule has 2 heterocycles. The first-order chi connectivity index (χ1) is 19.8. The number of ether oxygens (including phenoxy) is 4. The third-order valence-corrected chi connectivity index (χ3v) is 7.67. The van der Waals surface area contributed by atoms with Gasteiger partial charge in [-0.1, -0.05) is 22.0 Å². The van der Waals surface area contributed by atoms with E-state index in [1.54, 1.807) is 58.0 Å². The van der Waals surface area contributed by atoms with E-state index in [1.165, 1.54) is 12.0 Å². The normalized spacial score (nSPS) is 23.2. The number of halogens is 1. The van der Waals surface area contributed by atoms with Crippen LogP contribution in [0.15, 0.2) is 36.9 Å². The van der Waals surface area contributed by atoms with Crippen molar-refractivity contribution in [2.24, 2.45) is 5.92 Å². The summed E-state index contributed by atoms with van der Waals surface area (Å²) < 4.78 is 22.5. The SMILES string of the molecule is C=C[C@@H]1C[C@]1(NC(=O)[C@@H]1C[C@@H](Oc2cc(C(=O)CBr)nc3cc(OC)ccc23)CN1C(=O)OC(C)(C)C)C(=O)OCC. The van der Waals surface area contributed by atoms with Crippen molar-refractivity contribution >= 4 is 50.6 Å². The third-order valence-electron chi connectivity index (χ3n) is 7.16. The summed E-state index contributed by atoms with van der Waals surface area (Å²) in [4.78, 5) is 58.1. The average molecular weight is 647 g/mol. The molecule has 226 valence electrons. The van der Waals surface area contributed by atoms with Gasteiger partial charge in [-0.05, 0) is 46.2 Å². The van der Waals surface area contributed by atoms with Crippen molar-refractivity contribution in [3.63, 3.8) is 0 Å². The van der Waals surface area contributed by atoms with Crippen LogP contribution in [0.2, 0.25) is 0 Å². The summed E-state index contributed by atoms with van der Waals surface area (Å²) in [7, 11) is 1.53. The number of amides is 2. The molecule has 2 aliphatic rings. The van der Waals surface area contributed by atoms with Gasteiger partial charge in [0, 0.05) is 29.9 Å². The molecule has 11 nitrogen and oxygen atoms in total. The lowest BCUT2D eigenvalue weighted by Gasteiger charge is -2.28. The molecule has 1 saturated carbocycles. The molecule has 1 saturated heterocycles. The Kier molecular flexibility index (Phi) is 9.15. The van der Waals surface area contributed by atoms with Crippen LogP contribution < -0.4 is 14.8 Å². The second kappa shape index (κ2) is 12.3. The van der Waals surface area contributed by atoms with E-state index in [9.17, 15) is 19.2 Å². The van der Waals surface area contributed by atoms with Gasteiger partial charge in [-0.2, -0.15) is 0 Å². The fraction of sp³-hybridized carbons (Fsp3) is 0.500. The van der Waals surface area contributed by atoms with Crippen LogP contribution in [0.1, 0.15) is 51.0 Å². The van der Waals surface area contributed by atoms with Crippen molar-refractivity contribution in [1.82, 2.24) is 15.2 Å². The fourth-order valence-electron chi connectivity index (χ4n) is 5.01. The zero-order valence-electron chi connectivity index (χ0n) is 24.4. The van der Waals surface area contributed by atoms with Crippen LogP contribution >= 0.6 is 15.9 Å². The summed E-state index contributed by atoms with van der Waals surface area (Å²) in [6.45, 7) is 10.9. The molecule has 4 rings (SSSR count). The van der Waals surface area contributed by atoms with E-state index in [2.05, 4.69) is 32.8 Å². The highest BCUT2D eigenvalue weighted by Crippen LogP contribution is 2.46. The number of hydrogen-bond donors (Lipinski definition) is 1. The minimum absolute atomic E-state index is 0.0337. The van der Waals surface area contributed by atoms with Gasteiger partial charge in [-0.15, -0.1) is 6.58 Å². The number of hydrogen-bond acceptors (Lipinski definition) is 9. The number of esters is 1. The Morgan fingerprint density at radius 3 is 2.57 bits per heavy atom. The predicted octanol–water partition coefficient (Wildman–Crippen LogP) is 4.20. The maximum atomic E-state index is 13.7. The lowest BCUT2D eigenvalue weighted by Crippen LogP contribution is -2.53. The molecule has 0 unspecified atom stereocenters. The van der Waals surface area contributed by atoms with E-state index in [4.69, 9.17) is 18.9 Å². The Bertz CT molecular complexity index is 1410. The second-order valence-electron chi connectivity index (χ2n) is 11.3. The maximum Gasteiger partial charge on any atom is 0.411 e. The molecular formula is C30H36BrN3O8. The van der Waals surface area contributed by atoms with Gasteiger partial charge in [0.05, 0.1) is 31.1 Å². The molecule has 42 heavy (non-hydrogen) atoms. The molecule has 1 N–H and O–H groups in total. The average Bonchev–Trinajstić information content (AvgIpc) is 3.50. The van der Waals surface area contributed by atoms with Crippen molar-refractivity contribution in [3.05, 3.63) is 42.6 Å². The number of pyridine rings is 1. The van der Waals surface area contributed by atoms with Crippen LogP contribution in [0.25, 0.3) is 10.9 Å². The molecule has 2 fully saturated rings. The minimum Gasteiger partial charge on any atom is -0.497 e. The van der Waals surface area contributed by atoms with Gasteiger partial charge in [0.25, 0.3) is 0 Å². The van der Waals surface area contributed by atoms with Crippen LogP contribution in [0.3, 0.4) is 0 Å². The number of aromatic nitrogens is 1. The van der Waals surface area contributed by atoms with Gasteiger partial charge in [0.15, 0.2) is 5.78 Å². The molecule has 1 aromatic heterocycles. The van der Waals surface area contributed by atoms with Crippen molar-refractivity contribution in [3.8, 4) is 11.5 Å². The van der Waals surface area contributed by atoms with E-state index in [0.29, 0.717) is 28.8 Å². The lowest BCUT2D eigenvalue weighted by atomic mass is 10.1. The highest BCUT2D eigenvalue weighted by Gasteiger charge is 2.62. The monoisotopic (exact) mass is 645 g/mol. The molecular weight excluding hydrogens is 610 g/mol. The minimum atomic E-state index is -1.22. The number of rotatable bonds is 10. The maximum absolute atomic E-state index is 13.7. The first-order valence-electron chi connectivity index (χ1n) is 13.7. The number of nitrogens with one attached hydrogen (secondary N) is 1. The van der Waals surface area contributed by atoms with Crippen molar-refractivity contribution in [2.45, 2.75) is 63.8 Å². The molecule has 1 aliphatic heterocycles. The van der Waals surface area contributed by atoms with E-state index in [-0.39, 0.29) is 42.3 Å². The molecule has 1 aromatic carbocycles. The van der Waals surface area contributed by atoms with Crippen LogP contribution in [0.5, 0.6) is 11.5 Å². The van der Waals surface area contributed by atoms with Crippen LogP contribution in [-0.4, -0.2) is 82.5 Å². The highest BCUT2D eigenvalue weighted by atomic mass is 79.9. The molecule has 0 spiro atoms. The number of alkyl halides is 1. The van der Waals surface area contributed by atoms with E-state index < -0.39 is 41.3 Å². The van der Waals surface area contributed by atoms with Gasteiger partial charge >= 0.3 is 12.1 Å². The predicted molar refractivity (Wildman–Crippen MR) is 158 cm³/mol. The summed E-state index contributed by atoms with van der Waals surface area (Å²) in [6, 6.07) is 5.79. The Balaban J connectivity index is 1.65. The number of Topliss-reactive ketones (excluding diaryl/α,β-unsaturated/α-hetero) is 1. The number of benzene rings is 1. The number of carbonyl (C=O) groups excluding carboxylic acids is 4. The van der Waals surface area contributed by atoms with Crippen LogP contribution in [0, 0.1) is 5.92 Å². The molecule has 1 aliphatic carbocycles. The Morgan fingerprint density at radius 1 is 1.24 bits per heavy atom. The van der Waals surface area contributed by atoms with E-state index in [1.807, 2.05) is 0 Å². The summed E-state index contributed by atoms with van der Waals surface area (Å²) in [5, 5.41) is 3.54. The number of likely N-dealkylation sites (tertiary alicyclic amines) is 1. The standard InChI is InChI=1S/C30H36BrN3O8/c1-7-17-14-30(17,27(37)40-8-2)33-26(36)23-12-19(16-34(23)28(38)42-29(3,4)5)41-25-13-22(24(35)15-31)32-21-11-18(39-6)9-10-20(21)25/h7,9-11,13,17,19,23H,1,8,12,14-16H2,2-6H3,(H,33,36)/t17-,19-,23+,30-/m1/s1. The largest absolute Gasteiger partial charge is 0.497 e. The fourth-order valence-corrected chi connectivity index (χ4v) is 5.30. The lowest BCUT2D eigenvalue weighted by molar-refractivity contribution is -0.149. The van der Waals surface area contributed by atoms with Gasteiger partial charge in [-0.3, -0.25) is 14.5 Å². The van der Waals surface area contributed by atoms with E-state index in [0.717, 1.165) is 0 Å². The quantitative estimate of drug-likeness (QED) is 0.175. The second-order valence-corrected chi connectivity index (χ2v) is 11.9. The Hall–Kier alpha value is -3.67. The van der Waals surface area contributed by atoms with Gasteiger partial charge in [0.2, 0.25) is 5.91 Å². The zero-order valence-corrected chi connectivity index (χ0v) is 26.0. The number of fused-ring (bicyclic) bond motifs is 1. The van der Waals surface area contributed by atoms with Crippen molar-refractivity contribution < 1.29 is 38.1 Å². The summed E-state index contributed by atoms with van der Waals surface area (Å²) in [5.41, 5.74) is -1.34. The first kappa shape index (κ1) is 31.3. The number of nitrogens with zero attached hydrogens (tertiary/aromatic N) is 2. The first-order valence-corrected chi connectivity index (χ1v) is 14.8. The molecule has 12 heteroatoms. The van der Waals surface area contributed by atoms with Crippen LogP contribution in [-0.2, 0) is 19.1 Å². The van der Waals surface area contributed by atoms with Crippen LogP contribution in [0.4, 0.5) is 4.79 Å².